The fourth-order valence-corrected chi connectivity index (χ4v) is 5.73. The molecule has 3 unspecified atom stereocenters. The number of dihydropyridines is 1. The molecule has 1 saturated heterocycles. The molecule has 2 N–H and O–H groups in total. The molecule has 3 aliphatic rings. The average Bonchev–Trinajstić information content (AvgIpc) is 3.32. The number of benzene rings is 1. The highest BCUT2D eigenvalue weighted by molar-refractivity contribution is 6.02. The molecular formula is C28H38F3N3O2. The normalized spacial score (nSPS) is 25.6. The number of aliphatic hydroxyl groups is 1. The van der Waals surface area contributed by atoms with Gasteiger partial charge in [-0.2, -0.15) is 13.2 Å². The number of fused-ring (bicyclic) bond motifs is 1. The summed E-state index contributed by atoms with van der Waals surface area (Å²) in [5.74, 6) is 0.0377. The van der Waals surface area contributed by atoms with Crippen molar-refractivity contribution >= 4 is 11.6 Å². The molecule has 5 nitrogen and oxygen atoms in total. The Hall–Kier alpha value is -2.19. The number of nitrogens with zero attached hydrogens (tertiary/aromatic N) is 2. The van der Waals surface area contributed by atoms with E-state index in [1.807, 2.05) is 0 Å². The summed E-state index contributed by atoms with van der Waals surface area (Å²) in [5.41, 5.74) is 2.51. The Bertz CT molecular complexity index is 975. The maximum Gasteiger partial charge on any atom is 0.416 e. The zero-order chi connectivity index (χ0) is 25.7. The minimum Gasteiger partial charge on any atom is -0.392 e. The molecule has 2 fully saturated rings. The lowest BCUT2D eigenvalue weighted by Crippen LogP contribution is -2.38. The molecule has 1 aromatic carbocycles. The number of halogens is 3. The van der Waals surface area contributed by atoms with Gasteiger partial charge >= 0.3 is 6.18 Å². The summed E-state index contributed by atoms with van der Waals surface area (Å²) in [6, 6.07) is 5.96. The van der Waals surface area contributed by atoms with E-state index in [0.717, 1.165) is 57.6 Å². The van der Waals surface area contributed by atoms with Crippen molar-refractivity contribution in [3.05, 3.63) is 47.0 Å². The molecule has 2 heterocycles. The second kappa shape index (κ2) is 11.9. The molecule has 36 heavy (non-hydrogen) atoms. The van der Waals surface area contributed by atoms with Crippen LogP contribution in [-0.2, 0) is 11.0 Å². The van der Waals surface area contributed by atoms with Crippen molar-refractivity contribution in [2.75, 3.05) is 26.2 Å². The first-order valence-corrected chi connectivity index (χ1v) is 13.3. The number of carbonyl (C=O) groups excluding carboxylic acids is 1. The third-order valence-electron chi connectivity index (χ3n) is 7.74. The number of alkyl halides is 3. The van der Waals surface area contributed by atoms with Crippen molar-refractivity contribution in [2.24, 2.45) is 10.9 Å². The minimum atomic E-state index is -4.34. The maximum atomic E-state index is 13.0. The van der Waals surface area contributed by atoms with Crippen molar-refractivity contribution < 1.29 is 23.1 Å². The van der Waals surface area contributed by atoms with Crippen LogP contribution in [0.3, 0.4) is 0 Å². The number of nitrogens with one attached hydrogen (secondary N) is 1. The lowest BCUT2D eigenvalue weighted by molar-refractivity contribution is -0.137. The van der Waals surface area contributed by atoms with E-state index >= 15 is 0 Å². The van der Waals surface area contributed by atoms with E-state index in [-0.39, 0.29) is 17.7 Å². The van der Waals surface area contributed by atoms with E-state index in [1.54, 1.807) is 6.07 Å². The summed E-state index contributed by atoms with van der Waals surface area (Å²) < 4.78 is 39.1. The molecule has 2 aliphatic heterocycles. The summed E-state index contributed by atoms with van der Waals surface area (Å²) in [4.78, 5) is 19.7. The molecule has 0 radical (unpaired) electrons. The van der Waals surface area contributed by atoms with Crippen LogP contribution in [0.15, 0.2) is 40.9 Å². The molecule has 1 aliphatic carbocycles. The van der Waals surface area contributed by atoms with Crippen LogP contribution in [0.25, 0.3) is 0 Å². The highest BCUT2D eigenvalue weighted by Gasteiger charge is 2.33. The van der Waals surface area contributed by atoms with Crippen LogP contribution in [0.2, 0.25) is 0 Å². The molecule has 4 atom stereocenters. The number of β-amino-alcohol motifs (C(OH)–C–C–N with tert-alkyl or cyclic N) is 1. The maximum absolute atomic E-state index is 13.0. The Kier molecular flexibility index (Phi) is 8.88. The summed E-state index contributed by atoms with van der Waals surface area (Å²) in [6.45, 7) is 4.43. The number of rotatable bonds is 9. The third-order valence-corrected chi connectivity index (χ3v) is 7.74. The van der Waals surface area contributed by atoms with Crippen LogP contribution >= 0.6 is 0 Å². The number of hydrogen-bond donors (Lipinski definition) is 2. The van der Waals surface area contributed by atoms with Crippen molar-refractivity contribution in [3.63, 3.8) is 0 Å². The summed E-state index contributed by atoms with van der Waals surface area (Å²) in [7, 11) is 0. The zero-order valence-electron chi connectivity index (χ0n) is 21.1. The quantitative estimate of drug-likeness (QED) is 0.491. The van der Waals surface area contributed by atoms with Gasteiger partial charge in [-0.05, 0) is 74.6 Å². The van der Waals surface area contributed by atoms with Crippen LogP contribution in [0.1, 0.15) is 75.3 Å². The SMILES string of the molecule is CCCC1CC=C2CC(C(=O)NCC[C@@H](O)CN3CCC(c4cccc(C(F)(F)F)c4)C3)CCC2=N1. The summed E-state index contributed by atoms with van der Waals surface area (Å²) in [6.07, 6.45) is 4.20. The number of aliphatic imine (C=N–C) groups is 1. The van der Waals surface area contributed by atoms with E-state index in [0.29, 0.717) is 37.7 Å². The van der Waals surface area contributed by atoms with Crippen molar-refractivity contribution in [1.82, 2.24) is 10.2 Å². The molecular weight excluding hydrogens is 467 g/mol. The first-order chi connectivity index (χ1) is 17.2. The summed E-state index contributed by atoms with van der Waals surface area (Å²) in [5, 5.41) is 13.5. The van der Waals surface area contributed by atoms with Gasteiger partial charge in [0.15, 0.2) is 0 Å². The second-order valence-corrected chi connectivity index (χ2v) is 10.5. The van der Waals surface area contributed by atoms with Crippen molar-refractivity contribution in [1.29, 1.82) is 0 Å². The smallest absolute Gasteiger partial charge is 0.392 e. The van der Waals surface area contributed by atoms with Crippen molar-refractivity contribution in [2.45, 2.75) is 82.5 Å². The Morgan fingerprint density at radius 3 is 2.92 bits per heavy atom. The monoisotopic (exact) mass is 505 g/mol. The number of hydrogen-bond acceptors (Lipinski definition) is 4. The van der Waals surface area contributed by atoms with Gasteiger partial charge in [-0.25, -0.2) is 0 Å². The molecule has 4 rings (SSSR count). The van der Waals surface area contributed by atoms with Gasteiger partial charge < -0.3 is 15.3 Å². The second-order valence-electron chi connectivity index (χ2n) is 10.5. The molecule has 1 saturated carbocycles. The standard InChI is InChI=1S/C28H38F3N3O2/c1-2-4-24-9-7-20-15-21(8-10-26(20)33-24)27(36)32-13-11-25(35)18-34-14-12-22(17-34)19-5-3-6-23(16-19)28(29,30)31/h3,5-7,16,21-22,24-25,35H,2,4,8-15,17-18H2,1H3,(H,32,36)/t21?,22?,24?,25-/m1/s1. The van der Waals surface area contributed by atoms with Gasteiger partial charge in [-0.15, -0.1) is 0 Å². The van der Waals surface area contributed by atoms with Crippen molar-refractivity contribution in [3.8, 4) is 0 Å². The van der Waals surface area contributed by atoms with Gasteiger partial charge in [-0.3, -0.25) is 9.79 Å². The van der Waals surface area contributed by atoms with Gasteiger partial charge in [0, 0.05) is 31.3 Å². The fraction of sp³-hybridized carbons (Fsp3) is 0.643. The van der Waals surface area contributed by atoms with E-state index in [4.69, 9.17) is 4.99 Å². The molecule has 8 heteroatoms. The average molecular weight is 506 g/mol. The first-order valence-electron chi connectivity index (χ1n) is 13.3. The molecule has 1 amide bonds. The number of allylic oxidation sites excluding steroid dienone is 1. The number of aliphatic hydroxyl groups excluding tert-OH is 1. The van der Waals surface area contributed by atoms with Gasteiger partial charge in [0.2, 0.25) is 5.91 Å². The number of carbonyl (C=O) groups is 1. The van der Waals surface area contributed by atoms with Crippen LogP contribution in [0.5, 0.6) is 0 Å². The van der Waals surface area contributed by atoms with E-state index in [9.17, 15) is 23.1 Å². The molecule has 0 bridgehead atoms. The molecule has 0 aromatic heterocycles. The molecule has 1 aromatic rings. The fourth-order valence-electron chi connectivity index (χ4n) is 5.73. The van der Waals surface area contributed by atoms with Crippen LogP contribution in [-0.4, -0.2) is 60.0 Å². The van der Waals surface area contributed by atoms with Gasteiger partial charge in [0.1, 0.15) is 0 Å². The van der Waals surface area contributed by atoms with E-state index < -0.39 is 17.8 Å². The Balaban J connectivity index is 1.17. The topological polar surface area (TPSA) is 64.9 Å². The lowest BCUT2D eigenvalue weighted by Gasteiger charge is -2.29. The van der Waals surface area contributed by atoms with Gasteiger partial charge in [0.05, 0.1) is 17.7 Å². The number of amides is 1. The van der Waals surface area contributed by atoms with Crippen LogP contribution in [0, 0.1) is 5.92 Å². The highest BCUT2D eigenvalue weighted by atomic mass is 19.4. The molecule has 198 valence electrons. The first kappa shape index (κ1) is 26.9. The van der Waals surface area contributed by atoms with Gasteiger partial charge in [0.25, 0.3) is 0 Å². The predicted octanol–water partition coefficient (Wildman–Crippen LogP) is 5.10. The highest BCUT2D eigenvalue weighted by Crippen LogP contribution is 2.34. The minimum absolute atomic E-state index is 0.0327. The Morgan fingerprint density at radius 2 is 2.14 bits per heavy atom. The van der Waals surface area contributed by atoms with Gasteiger partial charge in [-0.1, -0.05) is 37.6 Å². The third kappa shape index (κ3) is 6.97. The van der Waals surface area contributed by atoms with E-state index in [1.165, 1.54) is 23.4 Å². The van der Waals surface area contributed by atoms with Crippen LogP contribution < -0.4 is 5.32 Å². The molecule has 0 spiro atoms. The Labute approximate surface area is 211 Å². The summed E-state index contributed by atoms with van der Waals surface area (Å²) >= 11 is 0. The van der Waals surface area contributed by atoms with Crippen LogP contribution in [0.4, 0.5) is 13.2 Å². The predicted molar refractivity (Wildman–Crippen MR) is 135 cm³/mol. The number of likely N-dealkylation sites (tertiary alicyclic amines) is 1. The lowest BCUT2D eigenvalue weighted by atomic mass is 9.81. The Morgan fingerprint density at radius 1 is 1.31 bits per heavy atom. The van der Waals surface area contributed by atoms with E-state index in [2.05, 4.69) is 23.2 Å². The zero-order valence-corrected chi connectivity index (χ0v) is 21.1. The largest absolute Gasteiger partial charge is 0.416 e.